The van der Waals surface area contributed by atoms with Crippen molar-refractivity contribution in [3.05, 3.63) is 70.5 Å². The van der Waals surface area contributed by atoms with Gasteiger partial charge in [-0.1, -0.05) is 12.5 Å². The van der Waals surface area contributed by atoms with E-state index in [1.165, 1.54) is 0 Å². The van der Waals surface area contributed by atoms with Crippen molar-refractivity contribution in [2.24, 2.45) is 0 Å². The number of hydrogen-bond acceptors (Lipinski definition) is 6. The second-order valence-corrected chi connectivity index (χ2v) is 7.00. The van der Waals surface area contributed by atoms with Gasteiger partial charge in [-0.25, -0.2) is 9.97 Å². The zero-order valence-electron chi connectivity index (χ0n) is 15.9. The van der Waals surface area contributed by atoms with Gasteiger partial charge in [-0.3, -0.25) is 14.7 Å². The second-order valence-electron chi connectivity index (χ2n) is 7.00. The SMILES string of the molecule is CNc1ncccc1CN1CCCCC1c1cc(=O)[nH]c(-c2cccnc2)n1. The van der Waals surface area contributed by atoms with Gasteiger partial charge in [-0.15, -0.1) is 0 Å². The van der Waals surface area contributed by atoms with E-state index in [-0.39, 0.29) is 11.6 Å². The van der Waals surface area contributed by atoms with Crippen LogP contribution in [0.25, 0.3) is 11.4 Å². The fourth-order valence-corrected chi connectivity index (χ4v) is 3.81. The van der Waals surface area contributed by atoms with E-state index in [4.69, 9.17) is 4.98 Å². The maximum Gasteiger partial charge on any atom is 0.251 e. The van der Waals surface area contributed by atoms with Crippen LogP contribution in [-0.4, -0.2) is 38.4 Å². The number of pyridine rings is 2. The quantitative estimate of drug-likeness (QED) is 0.712. The van der Waals surface area contributed by atoms with Crippen molar-refractivity contribution in [1.29, 1.82) is 0 Å². The van der Waals surface area contributed by atoms with Gasteiger partial charge in [0.25, 0.3) is 5.56 Å². The van der Waals surface area contributed by atoms with Crippen LogP contribution >= 0.6 is 0 Å². The molecular weight excluding hydrogens is 352 g/mol. The van der Waals surface area contributed by atoms with Crippen LogP contribution in [0.5, 0.6) is 0 Å². The summed E-state index contributed by atoms with van der Waals surface area (Å²) in [5, 5.41) is 3.16. The van der Waals surface area contributed by atoms with Gasteiger partial charge in [0.1, 0.15) is 11.6 Å². The Hall–Kier alpha value is -3.06. The zero-order chi connectivity index (χ0) is 19.3. The summed E-state index contributed by atoms with van der Waals surface area (Å²) in [6, 6.07) is 9.54. The minimum Gasteiger partial charge on any atom is -0.373 e. The lowest BCUT2D eigenvalue weighted by Crippen LogP contribution is -2.34. The molecule has 1 unspecified atom stereocenters. The summed E-state index contributed by atoms with van der Waals surface area (Å²) < 4.78 is 0. The number of likely N-dealkylation sites (tertiary alicyclic amines) is 1. The van der Waals surface area contributed by atoms with Crippen LogP contribution in [0.1, 0.15) is 36.6 Å². The molecule has 28 heavy (non-hydrogen) atoms. The van der Waals surface area contributed by atoms with E-state index < -0.39 is 0 Å². The number of aromatic nitrogens is 4. The number of hydrogen-bond donors (Lipinski definition) is 2. The highest BCUT2D eigenvalue weighted by molar-refractivity contribution is 5.52. The Kier molecular flexibility index (Phi) is 5.43. The molecule has 2 N–H and O–H groups in total. The van der Waals surface area contributed by atoms with E-state index in [1.54, 1.807) is 24.7 Å². The first-order valence-electron chi connectivity index (χ1n) is 9.62. The molecule has 1 aliphatic heterocycles. The lowest BCUT2D eigenvalue weighted by Gasteiger charge is -2.35. The number of piperidine rings is 1. The fraction of sp³-hybridized carbons (Fsp3) is 0.333. The third kappa shape index (κ3) is 3.94. The Morgan fingerprint density at radius 1 is 1.25 bits per heavy atom. The number of anilines is 1. The standard InChI is InChI=1S/C21H24N6O/c1-22-20-16(7-5-10-24-20)14-27-11-3-2-8-18(27)17-12-19(28)26-21(25-17)15-6-4-9-23-13-15/h4-7,9-10,12-13,18H,2-3,8,11,14H2,1H3,(H,22,24)(H,25,26,28). The summed E-state index contributed by atoms with van der Waals surface area (Å²) in [4.78, 5) is 30.9. The molecule has 1 fully saturated rings. The highest BCUT2D eigenvalue weighted by Gasteiger charge is 2.26. The van der Waals surface area contributed by atoms with Crippen LogP contribution in [-0.2, 0) is 6.54 Å². The van der Waals surface area contributed by atoms with Crippen LogP contribution in [0.2, 0.25) is 0 Å². The average molecular weight is 376 g/mol. The van der Waals surface area contributed by atoms with E-state index in [9.17, 15) is 4.79 Å². The van der Waals surface area contributed by atoms with Crippen molar-refractivity contribution in [2.75, 3.05) is 18.9 Å². The number of H-pyrrole nitrogens is 1. The molecule has 0 bridgehead atoms. The molecule has 0 amide bonds. The molecular formula is C21H24N6O. The first kappa shape index (κ1) is 18.3. The Morgan fingerprint density at radius 3 is 2.96 bits per heavy atom. The molecule has 4 rings (SSSR count). The Labute approximate surface area is 163 Å². The molecule has 0 radical (unpaired) electrons. The minimum absolute atomic E-state index is 0.108. The van der Waals surface area contributed by atoms with E-state index in [2.05, 4.69) is 31.2 Å². The predicted octanol–water partition coefficient (Wildman–Crippen LogP) is 3.00. The van der Waals surface area contributed by atoms with Gasteiger partial charge in [0.2, 0.25) is 0 Å². The van der Waals surface area contributed by atoms with Gasteiger partial charge in [-0.2, -0.15) is 0 Å². The van der Waals surface area contributed by atoms with Gasteiger partial charge in [0.05, 0.1) is 11.7 Å². The average Bonchev–Trinajstić information content (AvgIpc) is 2.75. The number of aromatic amines is 1. The van der Waals surface area contributed by atoms with Crippen LogP contribution in [0.3, 0.4) is 0 Å². The van der Waals surface area contributed by atoms with Crippen LogP contribution in [0, 0.1) is 0 Å². The molecule has 0 aromatic carbocycles. The molecule has 0 saturated carbocycles. The maximum atomic E-state index is 12.3. The first-order valence-corrected chi connectivity index (χ1v) is 9.62. The summed E-state index contributed by atoms with van der Waals surface area (Å²) in [7, 11) is 1.89. The maximum absolute atomic E-state index is 12.3. The fourth-order valence-electron chi connectivity index (χ4n) is 3.81. The van der Waals surface area contributed by atoms with Crippen LogP contribution in [0.15, 0.2) is 53.7 Å². The summed E-state index contributed by atoms with van der Waals surface area (Å²) in [5.41, 5.74) is 2.65. The van der Waals surface area contributed by atoms with Gasteiger partial charge in [0, 0.05) is 49.4 Å². The minimum atomic E-state index is -0.133. The Balaban J connectivity index is 1.66. The third-order valence-corrected chi connectivity index (χ3v) is 5.15. The molecule has 1 aliphatic rings. The second kappa shape index (κ2) is 8.31. The molecule has 1 saturated heterocycles. The van der Waals surface area contributed by atoms with E-state index >= 15 is 0 Å². The number of nitrogens with zero attached hydrogens (tertiary/aromatic N) is 4. The first-order chi connectivity index (χ1) is 13.7. The van der Waals surface area contributed by atoms with Crippen LogP contribution < -0.4 is 10.9 Å². The zero-order valence-corrected chi connectivity index (χ0v) is 15.9. The van der Waals surface area contributed by atoms with Crippen molar-refractivity contribution in [1.82, 2.24) is 24.8 Å². The van der Waals surface area contributed by atoms with E-state index in [0.717, 1.165) is 55.0 Å². The Morgan fingerprint density at radius 2 is 2.14 bits per heavy atom. The van der Waals surface area contributed by atoms with Gasteiger partial charge in [-0.05, 0) is 37.6 Å². The molecule has 4 heterocycles. The summed E-state index contributed by atoms with van der Waals surface area (Å²) in [6.45, 7) is 1.74. The van der Waals surface area contributed by atoms with Crippen LogP contribution in [0.4, 0.5) is 5.82 Å². The molecule has 7 heteroatoms. The normalized spacial score (nSPS) is 17.4. The van der Waals surface area contributed by atoms with Gasteiger partial charge in [0.15, 0.2) is 0 Å². The lowest BCUT2D eigenvalue weighted by molar-refractivity contribution is 0.137. The van der Waals surface area contributed by atoms with Crippen molar-refractivity contribution >= 4 is 5.82 Å². The smallest absolute Gasteiger partial charge is 0.251 e. The molecule has 7 nitrogen and oxygen atoms in total. The molecule has 3 aromatic heterocycles. The van der Waals surface area contributed by atoms with Gasteiger partial charge >= 0.3 is 0 Å². The lowest BCUT2D eigenvalue weighted by atomic mass is 9.98. The van der Waals surface area contributed by atoms with Crippen molar-refractivity contribution in [3.63, 3.8) is 0 Å². The third-order valence-electron chi connectivity index (χ3n) is 5.15. The van der Waals surface area contributed by atoms with E-state index in [1.807, 2.05) is 25.2 Å². The van der Waals surface area contributed by atoms with Crippen molar-refractivity contribution < 1.29 is 0 Å². The van der Waals surface area contributed by atoms with E-state index in [0.29, 0.717) is 5.82 Å². The largest absolute Gasteiger partial charge is 0.373 e. The van der Waals surface area contributed by atoms with Crippen molar-refractivity contribution in [3.8, 4) is 11.4 Å². The predicted molar refractivity (Wildman–Crippen MR) is 109 cm³/mol. The topological polar surface area (TPSA) is 86.8 Å². The Bertz CT molecular complexity index is 987. The number of nitrogens with one attached hydrogen (secondary N) is 2. The number of rotatable bonds is 5. The monoisotopic (exact) mass is 376 g/mol. The van der Waals surface area contributed by atoms with Crippen molar-refractivity contribution in [2.45, 2.75) is 31.8 Å². The molecule has 3 aromatic rings. The summed E-state index contributed by atoms with van der Waals surface area (Å²) in [5.74, 6) is 1.46. The molecule has 1 atom stereocenters. The highest BCUT2D eigenvalue weighted by Crippen LogP contribution is 2.32. The molecule has 0 spiro atoms. The molecule has 144 valence electrons. The molecule has 0 aliphatic carbocycles. The summed E-state index contributed by atoms with van der Waals surface area (Å²) in [6.07, 6.45) is 8.48. The highest BCUT2D eigenvalue weighted by atomic mass is 16.1. The van der Waals surface area contributed by atoms with Gasteiger partial charge < -0.3 is 10.3 Å². The summed E-state index contributed by atoms with van der Waals surface area (Å²) >= 11 is 0.